The number of aliphatic imine (C=N–C) groups is 1. The van der Waals surface area contributed by atoms with Gasteiger partial charge in [0.05, 0.1) is 12.7 Å². The summed E-state index contributed by atoms with van der Waals surface area (Å²) < 4.78 is 5.21. The second-order valence-corrected chi connectivity index (χ2v) is 4.40. The van der Waals surface area contributed by atoms with E-state index in [9.17, 15) is 0 Å². The van der Waals surface area contributed by atoms with Crippen LogP contribution in [-0.2, 0) is 0 Å². The maximum absolute atomic E-state index is 5.90. The van der Waals surface area contributed by atoms with E-state index in [-0.39, 0.29) is 0 Å². The summed E-state index contributed by atoms with van der Waals surface area (Å²) in [5.74, 6) is 1.62. The number of methoxy groups -OCH3 is 1. The Morgan fingerprint density at radius 1 is 1.50 bits per heavy atom. The summed E-state index contributed by atoms with van der Waals surface area (Å²) in [5, 5.41) is 0.622. The molecule has 0 aliphatic heterocycles. The average Bonchev–Trinajstić information content (AvgIpc) is 2.25. The van der Waals surface area contributed by atoms with Gasteiger partial charge in [-0.15, -0.1) is 0 Å². The van der Waals surface area contributed by atoms with Crippen LogP contribution in [0.5, 0.6) is 5.75 Å². The van der Waals surface area contributed by atoms with Crippen LogP contribution in [0.4, 0.5) is 0 Å². The standard InChI is InChI=1S/C12H17ClN2O/c1-8(2)7-15-12(14)10-5-4-9(13)6-11(10)16-3/h4-6,8H,7H2,1-3H3,(H2,14,15). The Balaban J connectivity index is 2.98. The third kappa shape index (κ3) is 3.42. The summed E-state index contributed by atoms with van der Waals surface area (Å²) in [6, 6.07) is 5.33. The molecule has 0 amide bonds. The molecule has 88 valence electrons. The highest BCUT2D eigenvalue weighted by atomic mass is 35.5. The number of amidine groups is 1. The molecule has 1 rings (SSSR count). The first-order valence-corrected chi connectivity index (χ1v) is 5.56. The molecule has 1 aromatic rings. The van der Waals surface area contributed by atoms with Crippen LogP contribution in [0.2, 0.25) is 5.02 Å². The van der Waals surface area contributed by atoms with Gasteiger partial charge in [-0.25, -0.2) is 0 Å². The van der Waals surface area contributed by atoms with E-state index in [1.54, 1.807) is 19.2 Å². The molecule has 1 aromatic carbocycles. The molecular formula is C12H17ClN2O. The third-order valence-corrected chi connectivity index (χ3v) is 2.30. The lowest BCUT2D eigenvalue weighted by atomic mass is 10.1. The van der Waals surface area contributed by atoms with Gasteiger partial charge in [-0.2, -0.15) is 0 Å². The van der Waals surface area contributed by atoms with Crippen molar-refractivity contribution in [2.75, 3.05) is 13.7 Å². The van der Waals surface area contributed by atoms with Gasteiger partial charge in [0.25, 0.3) is 0 Å². The lowest BCUT2D eigenvalue weighted by Gasteiger charge is -2.09. The highest BCUT2D eigenvalue weighted by Crippen LogP contribution is 2.22. The fraction of sp³-hybridized carbons (Fsp3) is 0.417. The predicted octanol–water partition coefficient (Wildman–Crippen LogP) is 2.71. The van der Waals surface area contributed by atoms with Gasteiger partial charge in [-0.05, 0) is 24.1 Å². The molecule has 0 unspecified atom stereocenters. The van der Waals surface area contributed by atoms with Crippen molar-refractivity contribution in [2.24, 2.45) is 16.6 Å². The Morgan fingerprint density at radius 2 is 2.19 bits per heavy atom. The average molecular weight is 241 g/mol. The predicted molar refractivity (Wildman–Crippen MR) is 68.4 cm³/mol. The quantitative estimate of drug-likeness (QED) is 0.650. The largest absolute Gasteiger partial charge is 0.496 e. The summed E-state index contributed by atoms with van der Waals surface area (Å²) in [4.78, 5) is 4.30. The molecule has 0 heterocycles. The number of benzene rings is 1. The fourth-order valence-corrected chi connectivity index (χ4v) is 1.40. The van der Waals surface area contributed by atoms with Crippen LogP contribution < -0.4 is 10.5 Å². The summed E-state index contributed by atoms with van der Waals surface area (Å²) in [5.41, 5.74) is 6.68. The van der Waals surface area contributed by atoms with E-state index in [0.29, 0.717) is 29.1 Å². The molecule has 4 heteroatoms. The van der Waals surface area contributed by atoms with Crippen LogP contribution >= 0.6 is 11.6 Å². The van der Waals surface area contributed by atoms with Gasteiger partial charge in [0.1, 0.15) is 11.6 Å². The third-order valence-electron chi connectivity index (χ3n) is 2.07. The molecule has 16 heavy (non-hydrogen) atoms. The summed E-state index contributed by atoms with van der Waals surface area (Å²) in [6.07, 6.45) is 0. The number of rotatable bonds is 4. The molecule has 0 aliphatic rings. The minimum absolute atomic E-state index is 0.483. The Hall–Kier alpha value is -1.22. The number of hydrogen-bond donors (Lipinski definition) is 1. The van der Waals surface area contributed by atoms with Crippen LogP contribution in [0, 0.1) is 5.92 Å². The van der Waals surface area contributed by atoms with E-state index in [1.165, 1.54) is 0 Å². The van der Waals surface area contributed by atoms with Crippen LogP contribution in [0.1, 0.15) is 19.4 Å². The first-order valence-electron chi connectivity index (χ1n) is 5.18. The second kappa shape index (κ2) is 5.75. The Kier molecular flexibility index (Phi) is 4.62. The fourth-order valence-electron chi connectivity index (χ4n) is 1.24. The lowest BCUT2D eigenvalue weighted by molar-refractivity contribution is 0.414. The van der Waals surface area contributed by atoms with Gasteiger partial charge in [0, 0.05) is 11.6 Å². The van der Waals surface area contributed by atoms with Crippen molar-refractivity contribution in [1.29, 1.82) is 0 Å². The topological polar surface area (TPSA) is 47.6 Å². The molecule has 0 saturated carbocycles. The van der Waals surface area contributed by atoms with Crippen molar-refractivity contribution >= 4 is 17.4 Å². The lowest BCUT2D eigenvalue weighted by Crippen LogP contribution is -2.16. The van der Waals surface area contributed by atoms with Gasteiger partial charge in [0.2, 0.25) is 0 Å². The minimum Gasteiger partial charge on any atom is -0.496 e. The summed E-state index contributed by atoms with van der Waals surface area (Å²) >= 11 is 5.87. The Labute approximate surface area is 101 Å². The number of nitrogens with two attached hydrogens (primary N) is 1. The number of ether oxygens (including phenoxy) is 1. The Bertz CT molecular complexity index is 389. The van der Waals surface area contributed by atoms with Crippen molar-refractivity contribution in [3.8, 4) is 5.75 Å². The number of halogens is 1. The van der Waals surface area contributed by atoms with Gasteiger partial charge >= 0.3 is 0 Å². The first kappa shape index (κ1) is 12.8. The molecular weight excluding hydrogens is 224 g/mol. The second-order valence-electron chi connectivity index (χ2n) is 3.96. The van der Waals surface area contributed by atoms with Gasteiger partial charge < -0.3 is 10.5 Å². The SMILES string of the molecule is COc1cc(Cl)ccc1C(N)=NCC(C)C. The van der Waals surface area contributed by atoms with E-state index >= 15 is 0 Å². The Morgan fingerprint density at radius 3 is 2.75 bits per heavy atom. The van der Waals surface area contributed by atoms with Crippen LogP contribution in [-0.4, -0.2) is 19.5 Å². The smallest absolute Gasteiger partial charge is 0.131 e. The molecule has 0 aromatic heterocycles. The monoisotopic (exact) mass is 240 g/mol. The van der Waals surface area contributed by atoms with Crippen LogP contribution in [0.25, 0.3) is 0 Å². The number of nitrogens with zero attached hydrogens (tertiary/aromatic N) is 1. The van der Waals surface area contributed by atoms with Gasteiger partial charge in [-0.3, -0.25) is 4.99 Å². The summed E-state index contributed by atoms with van der Waals surface area (Å²) in [6.45, 7) is 4.89. The maximum atomic E-state index is 5.90. The first-order chi connectivity index (χ1) is 7.54. The highest BCUT2D eigenvalue weighted by Gasteiger charge is 2.07. The zero-order chi connectivity index (χ0) is 12.1. The molecule has 0 spiro atoms. The van der Waals surface area contributed by atoms with E-state index in [2.05, 4.69) is 18.8 Å². The normalized spacial score (nSPS) is 11.9. The molecule has 0 bridgehead atoms. The van der Waals surface area contributed by atoms with Crippen molar-refractivity contribution in [3.05, 3.63) is 28.8 Å². The minimum atomic E-state index is 0.483. The maximum Gasteiger partial charge on any atom is 0.131 e. The zero-order valence-electron chi connectivity index (χ0n) is 9.83. The zero-order valence-corrected chi connectivity index (χ0v) is 10.6. The number of hydrogen-bond acceptors (Lipinski definition) is 2. The van der Waals surface area contributed by atoms with E-state index in [0.717, 1.165) is 5.56 Å². The van der Waals surface area contributed by atoms with Crippen molar-refractivity contribution < 1.29 is 4.74 Å². The van der Waals surface area contributed by atoms with E-state index < -0.39 is 0 Å². The molecule has 0 radical (unpaired) electrons. The van der Waals surface area contributed by atoms with Crippen molar-refractivity contribution in [2.45, 2.75) is 13.8 Å². The molecule has 2 N–H and O–H groups in total. The molecule has 3 nitrogen and oxygen atoms in total. The van der Waals surface area contributed by atoms with Crippen molar-refractivity contribution in [1.82, 2.24) is 0 Å². The molecule has 0 fully saturated rings. The van der Waals surface area contributed by atoms with Crippen molar-refractivity contribution in [3.63, 3.8) is 0 Å². The van der Waals surface area contributed by atoms with Crippen LogP contribution in [0.3, 0.4) is 0 Å². The highest BCUT2D eigenvalue weighted by molar-refractivity contribution is 6.30. The van der Waals surface area contributed by atoms with E-state index in [4.69, 9.17) is 22.1 Å². The molecule has 0 saturated heterocycles. The van der Waals surface area contributed by atoms with Gasteiger partial charge in [-0.1, -0.05) is 25.4 Å². The summed E-state index contributed by atoms with van der Waals surface area (Å²) in [7, 11) is 1.59. The van der Waals surface area contributed by atoms with Crippen LogP contribution in [0.15, 0.2) is 23.2 Å². The van der Waals surface area contributed by atoms with E-state index in [1.807, 2.05) is 6.07 Å². The van der Waals surface area contributed by atoms with Gasteiger partial charge in [0.15, 0.2) is 0 Å². The molecule has 0 atom stereocenters. The molecule has 0 aliphatic carbocycles.